The summed E-state index contributed by atoms with van der Waals surface area (Å²) in [5, 5.41) is 19.8. The van der Waals surface area contributed by atoms with Crippen LogP contribution in [0.5, 0.6) is 5.75 Å². The monoisotopic (exact) mass is 373 g/mol. The van der Waals surface area contributed by atoms with Gasteiger partial charge in [-0.2, -0.15) is 5.26 Å². The second-order valence-electron chi connectivity index (χ2n) is 7.53. The van der Waals surface area contributed by atoms with Crippen molar-refractivity contribution in [2.24, 2.45) is 0 Å². The average molecular weight is 373 g/mol. The average Bonchev–Trinajstić information content (AvgIpc) is 2.84. The van der Waals surface area contributed by atoms with Crippen LogP contribution >= 0.6 is 0 Å². The lowest BCUT2D eigenvalue weighted by Gasteiger charge is -2.45. The quantitative estimate of drug-likeness (QED) is 0.434. The molecule has 2 aromatic carbocycles. The van der Waals surface area contributed by atoms with Crippen LogP contribution in [0.15, 0.2) is 48.6 Å². The number of non-ortho nitro benzene ring substituents is 1. The summed E-state index contributed by atoms with van der Waals surface area (Å²) in [6, 6.07) is 12.8. The van der Waals surface area contributed by atoms with E-state index < -0.39 is 16.1 Å². The minimum atomic E-state index is -0.754. The Morgan fingerprint density at radius 1 is 1.25 bits per heavy atom. The fraction of sp³-hybridized carbons (Fsp3) is 0.227. The van der Waals surface area contributed by atoms with Crippen LogP contribution in [0.2, 0.25) is 0 Å². The minimum absolute atomic E-state index is 0.0409. The summed E-state index contributed by atoms with van der Waals surface area (Å²) in [5.74, 6) is 0.616. The van der Waals surface area contributed by atoms with Gasteiger partial charge in [-0.15, -0.1) is 0 Å². The van der Waals surface area contributed by atoms with Gasteiger partial charge in [0.15, 0.2) is 0 Å². The molecule has 0 aromatic heterocycles. The fourth-order valence-electron chi connectivity index (χ4n) is 4.17. The van der Waals surface area contributed by atoms with Gasteiger partial charge in [-0.1, -0.05) is 6.07 Å². The highest BCUT2D eigenvalue weighted by Crippen LogP contribution is 2.54. The Morgan fingerprint density at radius 2 is 2.04 bits per heavy atom. The predicted molar refractivity (Wildman–Crippen MR) is 108 cm³/mol. The maximum atomic E-state index is 11.1. The highest BCUT2D eigenvalue weighted by Gasteiger charge is 2.57. The Kier molecular flexibility index (Phi) is 3.79. The molecule has 4 rings (SSSR count). The summed E-state index contributed by atoms with van der Waals surface area (Å²) < 4.78 is 6.49. The molecule has 0 bridgehead atoms. The van der Waals surface area contributed by atoms with Gasteiger partial charge in [0, 0.05) is 36.5 Å². The van der Waals surface area contributed by atoms with Crippen LogP contribution in [0.4, 0.5) is 11.4 Å². The molecule has 140 valence electrons. The number of nitro benzene ring substituents is 1. The SMILES string of the molecule is CN1c2ccc(/C=C\C#N)cc2C(C)(C)C12C=Cc1cc([N+](=O)[O-])ccc1O2. The van der Waals surface area contributed by atoms with Gasteiger partial charge >= 0.3 is 0 Å². The third kappa shape index (κ3) is 2.33. The number of nitrogens with zero attached hydrogens (tertiary/aromatic N) is 3. The zero-order valence-electron chi connectivity index (χ0n) is 15.8. The Labute approximate surface area is 163 Å². The molecular formula is C22H19N3O3. The standard InChI is InChI=1S/C22H19N3O3/c1-21(2)18-13-15(5-4-12-23)6-8-19(18)24(3)22(21)11-10-16-14-17(25(26)27)7-9-20(16)28-22/h4-11,13-14H,1-3H3/b5-4-. The molecule has 6 nitrogen and oxygen atoms in total. The first-order chi connectivity index (χ1) is 13.3. The molecule has 1 spiro atoms. The van der Waals surface area contributed by atoms with E-state index in [9.17, 15) is 10.1 Å². The largest absolute Gasteiger partial charge is 0.463 e. The molecule has 0 amide bonds. The number of hydrogen-bond acceptors (Lipinski definition) is 5. The van der Waals surface area contributed by atoms with E-state index in [1.807, 2.05) is 37.4 Å². The van der Waals surface area contributed by atoms with E-state index in [1.165, 1.54) is 18.2 Å². The molecule has 0 fully saturated rings. The molecule has 0 radical (unpaired) electrons. The third-order valence-corrected chi connectivity index (χ3v) is 5.76. The lowest BCUT2D eigenvalue weighted by molar-refractivity contribution is -0.384. The molecule has 0 saturated heterocycles. The van der Waals surface area contributed by atoms with Crippen molar-refractivity contribution in [3.05, 3.63) is 75.4 Å². The molecule has 28 heavy (non-hydrogen) atoms. The van der Waals surface area contributed by atoms with Crippen molar-refractivity contribution in [2.75, 3.05) is 11.9 Å². The van der Waals surface area contributed by atoms with Crippen molar-refractivity contribution in [1.29, 1.82) is 5.26 Å². The van der Waals surface area contributed by atoms with Crippen LogP contribution in [-0.2, 0) is 5.41 Å². The zero-order valence-corrected chi connectivity index (χ0v) is 15.8. The predicted octanol–water partition coefficient (Wildman–Crippen LogP) is 4.66. The normalized spacial score (nSPS) is 21.3. The van der Waals surface area contributed by atoms with E-state index in [0.717, 1.165) is 16.8 Å². The third-order valence-electron chi connectivity index (χ3n) is 5.76. The highest BCUT2D eigenvalue weighted by molar-refractivity contribution is 5.74. The van der Waals surface area contributed by atoms with Crippen molar-refractivity contribution >= 4 is 23.5 Å². The number of ether oxygens (including phenoxy) is 1. The van der Waals surface area contributed by atoms with E-state index in [0.29, 0.717) is 11.3 Å². The molecule has 2 heterocycles. The summed E-state index contributed by atoms with van der Waals surface area (Å²) >= 11 is 0. The highest BCUT2D eigenvalue weighted by atomic mass is 16.6. The topological polar surface area (TPSA) is 79.4 Å². The summed E-state index contributed by atoms with van der Waals surface area (Å²) in [7, 11) is 1.99. The molecule has 2 aromatic rings. The van der Waals surface area contributed by atoms with E-state index in [4.69, 9.17) is 10.00 Å². The van der Waals surface area contributed by atoms with E-state index in [2.05, 4.69) is 24.8 Å². The van der Waals surface area contributed by atoms with Gasteiger partial charge in [-0.05, 0) is 61.4 Å². The Morgan fingerprint density at radius 3 is 2.75 bits per heavy atom. The zero-order chi connectivity index (χ0) is 20.1. The van der Waals surface area contributed by atoms with Crippen LogP contribution in [0.1, 0.15) is 30.5 Å². The van der Waals surface area contributed by atoms with Gasteiger partial charge in [-0.25, -0.2) is 0 Å². The maximum Gasteiger partial charge on any atom is 0.270 e. The van der Waals surface area contributed by atoms with Crippen molar-refractivity contribution < 1.29 is 9.66 Å². The second kappa shape index (κ2) is 5.96. The van der Waals surface area contributed by atoms with Gasteiger partial charge in [0.25, 0.3) is 5.69 Å². The maximum absolute atomic E-state index is 11.1. The first-order valence-electron chi connectivity index (χ1n) is 8.91. The molecule has 2 aliphatic heterocycles. The molecular weight excluding hydrogens is 354 g/mol. The summed E-state index contributed by atoms with van der Waals surface area (Å²) in [4.78, 5) is 12.7. The molecule has 0 N–H and O–H groups in total. The number of hydrogen-bond donors (Lipinski definition) is 0. The number of anilines is 1. The van der Waals surface area contributed by atoms with Crippen LogP contribution in [0.25, 0.3) is 12.2 Å². The molecule has 6 heteroatoms. The summed E-state index contributed by atoms with van der Waals surface area (Å²) in [6.07, 6.45) is 7.12. The van der Waals surface area contributed by atoms with Crippen molar-refractivity contribution in [1.82, 2.24) is 0 Å². The van der Waals surface area contributed by atoms with E-state index in [1.54, 1.807) is 12.1 Å². The van der Waals surface area contributed by atoms with Gasteiger partial charge < -0.3 is 9.64 Å². The van der Waals surface area contributed by atoms with Crippen LogP contribution in [-0.4, -0.2) is 17.7 Å². The van der Waals surface area contributed by atoms with Gasteiger partial charge in [0.1, 0.15) is 5.75 Å². The number of nitriles is 1. The summed E-state index contributed by atoms with van der Waals surface area (Å²) in [6.45, 7) is 4.24. The van der Waals surface area contributed by atoms with E-state index in [-0.39, 0.29) is 5.69 Å². The second-order valence-corrected chi connectivity index (χ2v) is 7.53. The molecule has 2 aliphatic rings. The Bertz CT molecular complexity index is 1090. The molecule has 1 atom stereocenters. The van der Waals surface area contributed by atoms with Crippen LogP contribution < -0.4 is 9.64 Å². The van der Waals surface area contributed by atoms with Crippen molar-refractivity contribution in [3.8, 4) is 11.8 Å². The van der Waals surface area contributed by atoms with Crippen molar-refractivity contribution in [3.63, 3.8) is 0 Å². The smallest absolute Gasteiger partial charge is 0.270 e. The van der Waals surface area contributed by atoms with Crippen molar-refractivity contribution in [2.45, 2.75) is 25.0 Å². The van der Waals surface area contributed by atoms with Crippen LogP contribution in [0, 0.1) is 21.4 Å². The van der Waals surface area contributed by atoms with Gasteiger partial charge in [-0.3, -0.25) is 10.1 Å². The Hall–Kier alpha value is -3.59. The molecule has 1 unspecified atom stereocenters. The van der Waals surface area contributed by atoms with E-state index >= 15 is 0 Å². The fourth-order valence-corrected chi connectivity index (χ4v) is 4.17. The molecule has 0 saturated carbocycles. The number of allylic oxidation sites excluding steroid dienone is 1. The lowest BCUT2D eigenvalue weighted by Crippen LogP contribution is -2.58. The minimum Gasteiger partial charge on any atom is -0.463 e. The van der Waals surface area contributed by atoms with Gasteiger partial charge in [0.05, 0.1) is 16.4 Å². The van der Waals surface area contributed by atoms with Gasteiger partial charge in [0.2, 0.25) is 5.72 Å². The number of fused-ring (bicyclic) bond motifs is 2. The summed E-state index contributed by atoms with van der Waals surface area (Å²) in [5.41, 5.74) is 2.70. The number of likely N-dealkylation sites (N-methyl/N-ethyl adjacent to an activating group) is 1. The first kappa shape index (κ1) is 17.8. The number of rotatable bonds is 2. The Balaban J connectivity index is 1.80. The lowest BCUT2D eigenvalue weighted by atomic mass is 9.76. The number of benzene rings is 2. The number of nitro groups is 1. The molecule has 0 aliphatic carbocycles. The first-order valence-corrected chi connectivity index (χ1v) is 8.91. The van der Waals surface area contributed by atoms with Crippen LogP contribution in [0.3, 0.4) is 0 Å².